The summed E-state index contributed by atoms with van der Waals surface area (Å²) >= 11 is 0. The summed E-state index contributed by atoms with van der Waals surface area (Å²) in [6, 6.07) is 6.92. The fourth-order valence-corrected chi connectivity index (χ4v) is 3.27. The van der Waals surface area contributed by atoms with Crippen LogP contribution in [0.4, 0.5) is 0 Å². The molecule has 1 unspecified atom stereocenters. The second-order valence-corrected chi connectivity index (χ2v) is 6.30. The zero-order chi connectivity index (χ0) is 13.5. The predicted molar refractivity (Wildman–Crippen MR) is 74.8 cm³/mol. The van der Waals surface area contributed by atoms with Gasteiger partial charge in [-0.3, -0.25) is 0 Å². The van der Waals surface area contributed by atoms with Gasteiger partial charge in [0.25, 0.3) is 0 Å². The summed E-state index contributed by atoms with van der Waals surface area (Å²) < 4.78 is 0. The number of rotatable bonds is 1. The normalized spacial score (nSPS) is 36.7. The van der Waals surface area contributed by atoms with Crippen molar-refractivity contribution >= 4 is 0 Å². The fraction of sp³-hybridized carbons (Fsp3) is 0.625. The van der Waals surface area contributed by atoms with Crippen LogP contribution in [0.3, 0.4) is 0 Å². The molecular weight excluding hydrogens is 222 g/mol. The maximum absolute atomic E-state index is 11.2. The van der Waals surface area contributed by atoms with Crippen LogP contribution in [0.5, 0.6) is 0 Å². The third-order valence-electron chi connectivity index (χ3n) is 4.76. The molecule has 0 spiro atoms. The lowest BCUT2D eigenvalue weighted by atomic mass is 9.73. The molecule has 2 N–H and O–H groups in total. The minimum Gasteiger partial charge on any atom is -0.384 e. The second-order valence-electron chi connectivity index (χ2n) is 6.30. The number of nitrogens with one attached hydrogen (secondary N) is 1. The molecular formula is C16H26NO+. The topological polar surface area (TPSA) is 24.7 Å². The van der Waals surface area contributed by atoms with Crippen molar-refractivity contribution < 1.29 is 10.0 Å². The first kappa shape index (κ1) is 13.6. The highest BCUT2D eigenvalue weighted by molar-refractivity contribution is 5.36. The van der Waals surface area contributed by atoms with Gasteiger partial charge in [-0.15, -0.1) is 0 Å². The van der Waals surface area contributed by atoms with E-state index < -0.39 is 5.60 Å². The fourth-order valence-electron chi connectivity index (χ4n) is 3.27. The number of hydrogen-bond donors (Lipinski definition) is 2. The van der Waals surface area contributed by atoms with Gasteiger partial charge in [-0.2, -0.15) is 0 Å². The Labute approximate surface area is 111 Å². The maximum atomic E-state index is 11.2. The molecule has 0 radical (unpaired) electrons. The molecule has 18 heavy (non-hydrogen) atoms. The van der Waals surface area contributed by atoms with E-state index in [0.717, 1.165) is 18.5 Å². The van der Waals surface area contributed by atoms with Gasteiger partial charge in [0.15, 0.2) is 0 Å². The van der Waals surface area contributed by atoms with Crippen LogP contribution in [0.25, 0.3) is 0 Å². The van der Waals surface area contributed by atoms with Crippen molar-refractivity contribution in [2.24, 2.45) is 5.92 Å². The van der Waals surface area contributed by atoms with Crippen LogP contribution in [-0.4, -0.2) is 24.7 Å². The van der Waals surface area contributed by atoms with Crippen molar-refractivity contribution in [2.75, 3.05) is 13.6 Å². The Kier molecular flexibility index (Phi) is 3.52. The molecule has 4 atom stereocenters. The van der Waals surface area contributed by atoms with E-state index in [1.54, 1.807) is 0 Å². The molecule has 1 fully saturated rings. The molecule has 0 amide bonds. The lowest BCUT2D eigenvalue weighted by Crippen LogP contribution is -3.15. The molecule has 0 aliphatic carbocycles. The Balaban J connectivity index is 2.43. The van der Waals surface area contributed by atoms with E-state index in [1.807, 2.05) is 0 Å². The van der Waals surface area contributed by atoms with Gasteiger partial charge < -0.3 is 10.0 Å². The first-order chi connectivity index (χ1) is 8.34. The van der Waals surface area contributed by atoms with Crippen molar-refractivity contribution in [3.63, 3.8) is 0 Å². The molecule has 1 aliphatic heterocycles. The van der Waals surface area contributed by atoms with Crippen molar-refractivity contribution in [3.8, 4) is 0 Å². The smallest absolute Gasteiger partial charge is 0.103 e. The van der Waals surface area contributed by atoms with Crippen molar-refractivity contribution in [1.82, 2.24) is 0 Å². The molecule has 1 aliphatic rings. The van der Waals surface area contributed by atoms with Crippen molar-refractivity contribution in [3.05, 3.63) is 34.9 Å². The summed E-state index contributed by atoms with van der Waals surface area (Å²) in [5.41, 5.74) is 2.92. The average Bonchev–Trinajstić information content (AvgIpc) is 2.30. The summed E-state index contributed by atoms with van der Waals surface area (Å²) in [6.45, 7) is 9.65. The van der Waals surface area contributed by atoms with Crippen LogP contribution in [-0.2, 0) is 5.60 Å². The standard InChI is InChI=1S/C16H25NO/c1-11-6-7-12(2)15(8-11)16(18)9-14(4)17(5)10-13(16)3/h6-8,13-14,18H,9-10H2,1-5H3/p+1/t13-,14-,16+/m0/s1. The molecule has 0 bridgehead atoms. The number of hydrogen-bond acceptors (Lipinski definition) is 1. The highest BCUT2D eigenvalue weighted by Gasteiger charge is 2.45. The number of aryl methyl sites for hydroxylation is 2. The van der Waals surface area contributed by atoms with E-state index in [0.29, 0.717) is 12.0 Å². The van der Waals surface area contributed by atoms with Crippen LogP contribution in [0, 0.1) is 19.8 Å². The molecule has 2 heteroatoms. The lowest BCUT2D eigenvalue weighted by molar-refractivity contribution is -0.916. The lowest BCUT2D eigenvalue weighted by Gasteiger charge is -2.44. The highest BCUT2D eigenvalue weighted by Crippen LogP contribution is 2.37. The number of benzene rings is 1. The van der Waals surface area contributed by atoms with E-state index in [4.69, 9.17) is 0 Å². The van der Waals surface area contributed by atoms with Gasteiger partial charge >= 0.3 is 0 Å². The van der Waals surface area contributed by atoms with E-state index in [2.05, 4.69) is 52.9 Å². The highest BCUT2D eigenvalue weighted by atomic mass is 16.3. The minimum absolute atomic E-state index is 0.300. The zero-order valence-corrected chi connectivity index (χ0v) is 12.2. The molecule has 1 aromatic carbocycles. The van der Waals surface area contributed by atoms with Crippen molar-refractivity contribution in [1.29, 1.82) is 0 Å². The summed E-state index contributed by atoms with van der Waals surface area (Å²) in [5, 5.41) is 11.2. The second kappa shape index (κ2) is 4.67. The van der Waals surface area contributed by atoms with Gasteiger partial charge in [-0.1, -0.05) is 30.7 Å². The SMILES string of the molecule is Cc1ccc(C)c([C@@]2(O)C[C@H](C)[NH+](C)C[C@@H]2C)c1. The zero-order valence-electron chi connectivity index (χ0n) is 12.2. The summed E-state index contributed by atoms with van der Waals surface area (Å²) in [6.07, 6.45) is 0.851. The van der Waals surface area contributed by atoms with Gasteiger partial charge in [0.2, 0.25) is 0 Å². The molecule has 1 saturated heterocycles. The third-order valence-corrected chi connectivity index (χ3v) is 4.76. The predicted octanol–water partition coefficient (Wildman–Crippen LogP) is 1.43. The van der Waals surface area contributed by atoms with Crippen molar-refractivity contribution in [2.45, 2.75) is 45.8 Å². The summed E-state index contributed by atoms with van der Waals surface area (Å²) in [7, 11) is 2.23. The number of piperidine rings is 1. The molecule has 1 aromatic rings. The molecule has 0 aromatic heterocycles. The molecule has 0 saturated carbocycles. The van der Waals surface area contributed by atoms with Gasteiger partial charge in [0.1, 0.15) is 5.60 Å². The number of quaternary nitrogens is 1. The van der Waals surface area contributed by atoms with Crippen LogP contribution in [0.2, 0.25) is 0 Å². The Morgan fingerprint density at radius 2 is 1.94 bits per heavy atom. The Hall–Kier alpha value is -0.860. The van der Waals surface area contributed by atoms with Crippen LogP contribution in [0.15, 0.2) is 18.2 Å². The van der Waals surface area contributed by atoms with Gasteiger partial charge in [0.05, 0.1) is 19.6 Å². The molecule has 2 rings (SSSR count). The van der Waals surface area contributed by atoms with Crippen LogP contribution >= 0.6 is 0 Å². The summed E-state index contributed by atoms with van der Waals surface area (Å²) in [5.74, 6) is 0.300. The quantitative estimate of drug-likeness (QED) is 0.772. The first-order valence-electron chi connectivity index (χ1n) is 6.97. The Morgan fingerprint density at radius 3 is 2.61 bits per heavy atom. The number of aliphatic hydroxyl groups is 1. The van der Waals surface area contributed by atoms with E-state index in [1.165, 1.54) is 16.0 Å². The number of likely N-dealkylation sites (tertiary alicyclic amines) is 1. The maximum Gasteiger partial charge on any atom is 0.103 e. The largest absolute Gasteiger partial charge is 0.384 e. The van der Waals surface area contributed by atoms with Crippen LogP contribution < -0.4 is 4.90 Å². The van der Waals surface area contributed by atoms with Gasteiger partial charge in [-0.25, -0.2) is 0 Å². The first-order valence-corrected chi connectivity index (χ1v) is 6.97. The van der Waals surface area contributed by atoms with Gasteiger partial charge in [-0.05, 0) is 31.9 Å². The van der Waals surface area contributed by atoms with Crippen LogP contribution in [0.1, 0.15) is 37.0 Å². The van der Waals surface area contributed by atoms with E-state index in [-0.39, 0.29) is 0 Å². The van der Waals surface area contributed by atoms with E-state index in [9.17, 15) is 5.11 Å². The molecule has 100 valence electrons. The third kappa shape index (κ3) is 2.19. The Bertz CT molecular complexity index is 443. The monoisotopic (exact) mass is 248 g/mol. The minimum atomic E-state index is -0.658. The Morgan fingerprint density at radius 1 is 1.28 bits per heavy atom. The summed E-state index contributed by atoms with van der Waals surface area (Å²) in [4.78, 5) is 1.53. The van der Waals surface area contributed by atoms with E-state index >= 15 is 0 Å². The molecule has 2 nitrogen and oxygen atoms in total. The van der Waals surface area contributed by atoms with Gasteiger partial charge in [0, 0.05) is 12.3 Å². The average molecular weight is 248 g/mol. The molecule has 1 heterocycles.